The first-order chi connectivity index (χ1) is 9.65. The number of primary amides is 1. The van der Waals surface area contributed by atoms with Gasteiger partial charge in [0.2, 0.25) is 0 Å². The molecule has 0 unspecified atom stereocenters. The molecule has 102 valence electrons. The van der Waals surface area contributed by atoms with Crippen molar-refractivity contribution < 1.29 is 9.53 Å². The van der Waals surface area contributed by atoms with Crippen LogP contribution in [0, 0.1) is 6.92 Å². The van der Waals surface area contributed by atoms with Crippen LogP contribution >= 0.6 is 0 Å². The molecule has 5 heteroatoms. The molecule has 0 aliphatic carbocycles. The van der Waals surface area contributed by atoms with E-state index in [1.165, 1.54) is 6.21 Å². The first-order valence-electron chi connectivity index (χ1n) is 6.07. The molecule has 2 amide bonds. The van der Waals surface area contributed by atoms with Crippen LogP contribution in [0.25, 0.3) is 0 Å². The number of benzene rings is 2. The summed E-state index contributed by atoms with van der Waals surface area (Å²) in [7, 11) is 0. The van der Waals surface area contributed by atoms with Crippen molar-refractivity contribution in [3.8, 4) is 11.5 Å². The van der Waals surface area contributed by atoms with Gasteiger partial charge in [0.05, 0.1) is 6.21 Å². The van der Waals surface area contributed by atoms with E-state index >= 15 is 0 Å². The first kappa shape index (κ1) is 13.6. The molecule has 0 atom stereocenters. The van der Waals surface area contributed by atoms with Crippen LogP contribution in [0.2, 0.25) is 0 Å². The number of aryl methyl sites for hydroxylation is 1. The summed E-state index contributed by atoms with van der Waals surface area (Å²) in [5.74, 6) is 1.56. The van der Waals surface area contributed by atoms with Gasteiger partial charge in [-0.05, 0) is 48.4 Å². The van der Waals surface area contributed by atoms with Crippen molar-refractivity contribution in [3.63, 3.8) is 0 Å². The van der Waals surface area contributed by atoms with Crippen molar-refractivity contribution >= 4 is 12.2 Å². The maximum Gasteiger partial charge on any atom is 0.332 e. The van der Waals surface area contributed by atoms with Crippen LogP contribution in [0.1, 0.15) is 11.1 Å². The summed E-state index contributed by atoms with van der Waals surface area (Å²) < 4.78 is 5.77. The van der Waals surface area contributed by atoms with Crippen LogP contribution in [0.5, 0.6) is 11.5 Å². The molecule has 0 aromatic heterocycles. The Morgan fingerprint density at radius 2 is 1.90 bits per heavy atom. The number of hydrogen-bond acceptors (Lipinski definition) is 3. The number of amides is 2. The van der Waals surface area contributed by atoms with Gasteiger partial charge >= 0.3 is 6.03 Å². The van der Waals surface area contributed by atoms with Crippen molar-refractivity contribution in [2.45, 2.75) is 6.92 Å². The number of nitrogens with zero attached hydrogens (tertiary/aromatic N) is 1. The van der Waals surface area contributed by atoms with E-state index in [1.807, 2.05) is 55.5 Å². The third-order valence-electron chi connectivity index (χ3n) is 2.59. The zero-order valence-corrected chi connectivity index (χ0v) is 11.0. The van der Waals surface area contributed by atoms with Gasteiger partial charge in [0.15, 0.2) is 0 Å². The molecule has 3 N–H and O–H groups in total. The number of nitrogens with two attached hydrogens (primary N) is 1. The van der Waals surface area contributed by atoms with E-state index in [1.54, 1.807) is 0 Å². The van der Waals surface area contributed by atoms with Crippen molar-refractivity contribution in [1.29, 1.82) is 0 Å². The Hall–Kier alpha value is -2.82. The minimum absolute atomic E-state index is 0.694. The summed E-state index contributed by atoms with van der Waals surface area (Å²) in [5.41, 5.74) is 8.93. The predicted octanol–water partition coefficient (Wildman–Crippen LogP) is 2.79. The molecule has 0 aliphatic heterocycles. The largest absolute Gasteiger partial charge is 0.457 e. The summed E-state index contributed by atoms with van der Waals surface area (Å²) in [6, 6.07) is 14.4. The zero-order chi connectivity index (χ0) is 14.4. The fourth-order valence-corrected chi connectivity index (χ4v) is 1.59. The minimum Gasteiger partial charge on any atom is -0.457 e. The molecule has 0 spiro atoms. The zero-order valence-electron chi connectivity index (χ0n) is 11.0. The first-order valence-corrected chi connectivity index (χ1v) is 6.07. The van der Waals surface area contributed by atoms with Crippen LogP contribution in [-0.2, 0) is 0 Å². The summed E-state index contributed by atoms with van der Waals surface area (Å²) in [5, 5.41) is 3.68. The van der Waals surface area contributed by atoms with Gasteiger partial charge in [-0.1, -0.05) is 18.2 Å². The molecule has 0 saturated heterocycles. The molecule has 2 aromatic carbocycles. The second kappa shape index (κ2) is 6.38. The normalized spacial score (nSPS) is 10.4. The molecule has 0 heterocycles. The molecule has 2 rings (SSSR count). The highest BCUT2D eigenvalue weighted by atomic mass is 16.5. The van der Waals surface area contributed by atoms with Crippen LogP contribution in [0.15, 0.2) is 53.6 Å². The van der Waals surface area contributed by atoms with Crippen molar-refractivity contribution in [2.75, 3.05) is 0 Å². The molecular weight excluding hydrogens is 254 g/mol. The highest BCUT2D eigenvalue weighted by molar-refractivity contribution is 5.81. The number of rotatable bonds is 4. The molecule has 20 heavy (non-hydrogen) atoms. The maximum atomic E-state index is 10.5. The lowest BCUT2D eigenvalue weighted by Crippen LogP contribution is -2.24. The summed E-state index contributed by atoms with van der Waals surface area (Å²) in [6.45, 7) is 1.99. The lowest BCUT2D eigenvalue weighted by Gasteiger charge is -2.08. The van der Waals surface area contributed by atoms with E-state index in [-0.39, 0.29) is 0 Å². The summed E-state index contributed by atoms with van der Waals surface area (Å²) >= 11 is 0. The van der Waals surface area contributed by atoms with E-state index in [4.69, 9.17) is 10.5 Å². The Kier molecular flexibility index (Phi) is 4.34. The number of para-hydroxylation sites is 1. The average molecular weight is 269 g/mol. The number of carbonyl (C=O) groups is 1. The summed E-state index contributed by atoms with van der Waals surface area (Å²) in [4.78, 5) is 10.5. The highest BCUT2D eigenvalue weighted by Crippen LogP contribution is 2.24. The van der Waals surface area contributed by atoms with Crippen LogP contribution in [0.4, 0.5) is 4.79 Å². The van der Waals surface area contributed by atoms with Gasteiger partial charge < -0.3 is 10.5 Å². The number of urea groups is 1. The molecule has 0 aliphatic rings. The number of carbonyl (C=O) groups excluding carboxylic acids is 1. The maximum absolute atomic E-state index is 10.5. The van der Waals surface area contributed by atoms with Gasteiger partial charge in [0.1, 0.15) is 11.5 Å². The van der Waals surface area contributed by atoms with Gasteiger partial charge in [0, 0.05) is 0 Å². The third kappa shape index (κ3) is 3.84. The molecule has 5 nitrogen and oxygen atoms in total. The molecule has 0 saturated carbocycles. The molecule has 0 fully saturated rings. The van der Waals surface area contributed by atoms with Gasteiger partial charge in [-0.25, -0.2) is 10.2 Å². The molecule has 0 bridgehead atoms. The average Bonchev–Trinajstić information content (AvgIpc) is 2.43. The Labute approximate surface area is 117 Å². The second-order valence-corrected chi connectivity index (χ2v) is 4.17. The lowest BCUT2D eigenvalue weighted by molar-refractivity contribution is 0.249. The molecule has 0 radical (unpaired) electrons. The minimum atomic E-state index is -0.694. The summed E-state index contributed by atoms with van der Waals surface area (Å²) in [6.07, 6.45) is 1.50. The SMILES string of the molecule is Cc1ccccc1Oc1ccc(/C=N\NC(N)=O)cc1. The smallest absolute Gasteiger partial charge is 0.332 e. The quantitative estimate of drug-likeness (QED) is 0.661. The number of ether oxygens (including phenoxy) is 1. The second-order valence-electron chi connectivity index (χ2n) is 4.17. The van der Waals surface area contributed by atoms with Gasteiger partial charge in [-0.2, -0.15) is 5.10 Å². The number of nitrogens with one attached hydrogen (secondary N) is 1. The Bertz CT molecular complexity index is 621. The number of hydrazone groups is 1. The van der Waals surface area contributed by atoms with E-state index in [0.717, 1.165) is 22.6 Å². The molecular formula is C15H15N3O2. The Morgan fingerprint density at radius 3 is 2.55 bits per heavy atom. The van der Waals surface area contributed by atoms with Crippen LogP contribution < -0.4 is 15.9 Å². The van der Waals surface area contributed by atoms with Gasteiger partial charge in [-0.15, -0.1) is 0 Å². The fraction of sp³-hybridized carbons (Fsp3) is 0.0667. The van der Waals surface area contributed by atoms with Gasteiger partial charge in [0.25, 0.3) is 0 Å². The van der Waals surface area contributed by atoms with E-state index in [2.05, 4.69) is 10.5 Å². The van der Waals surface area contributed by atoms with E-state index < -0.39 is 6.03 Å². The predicted molar refractivity (Wildman–Crippen MR) is 78.0 cm³/mol. The third-order valence-corrected chi connectivity index (χ3v) is 2.59. The fourth-order valence-electron chi connectivity index (χ4n) is 1.59. The highest BCUT2D eigenvalue weighted by Gasteiger charge is 2.00. The van der Waals surface area contributed by atoms with Crippen molar-refractivity contribution in [1.82, 2.24) is 5.43 Å². The Balaban J connectivity index is 2.03. The van der Waals surface area contributed by atoms with Crippen molar-refractivity contribution in [3.05, 3.63) is 59.7 Å². The number of hydrogen-bond donors (Lipinski definition) is 2. The molecule has 2 aromatic rings. The van der Waals surface area contributed by atoms with Crippen LogP contribution in [-0.4, -0.2) is 12.2 Å². The van der Waals surface area contributed by atoms with Crippen molar-refractivity contribution in [2.24, 2.45) is 10.8 Å². The Morgan fingerprint density at radius 1 is 1.20 bits per heavy atom. The monoisotopic (exact) mass is 269 g/mol. The standard InChI is InChI=1S/C15H15N3O2/c1-11-4-2-3-5-14(11)20-13-8-6-12(7-9-13)10-17-18-15(16)19/h2-10H,1H3,(H3,16,18,19)/b17-10-. The topological polar surface area (TPSA) is 76.7 Å². The van der Waals surface area contributed by atoms with E-state index in [0.29, 0.717) is 0 Å². The van der Waals surface area contributed by atoms with E-state index in [9.17, 15) is 4.79 Å². The van der Waals surface area contributed by atoms with Gasteiger partial charge in [-0.3, -0.25) is 0 Å². The lowest BCUT2D eigenvalue weighted by atomic mass is 10.2. The van der Waals surface area contributed by atoms with Crippen LogP contribution in [0.3, 0.4) is 0 Å².